The monoisotopic (exact) mass is 552 g/mol. The number of aryl methyl sites for hydroxylation is 1. The molecular weight excluding hydrogens is 535 g/mol. The van der Waals surface area contributed by atoms with E-state index in [2.05, 4.69) is 36.3 Å². The lowest BCUT2D eigenvalue weighted by molar-refractivity contribution is -0.117. The number of nitrogens with zero attached hydrogens (tertiary/aromatic N) is 6. The number of carbonyl (C=O) groups is 1. The Morgan fingerprint density at radius 3 is 2.54 bits per heavy atom. The highest BCUT2D eigenvalue weighted by molar-refractivity contribution is 9.10. The van der Waals surface area contributed by atoms with Gasteiger partial charge in [-0.3, -0.25) is 9.79 Å². The van der Waals surface area contributed by atoms with Crippen molar-refractivity contribution in [3.8, 4) is 11.4 Å². The Morgan fingerprint density at radius 1 is 0.971 bits per heavy atom. The van der Waals surface area contributed by atoms with Gasteiger partial charge in [-0.1, -0.05) is 57.9 Å². The molecule has 1 aliphatic heterocycles. The second-order valence-corrected chi connectivity index (χ2v) is 9.16. The van der Waals surface area contributed by atoms with Crippen molar-refractivity contribution in [1.82, 2.24) is 20.2 Å². The minimum absolute atomic E-state index is 0.0365. The first-order valence-electron chi connectivity index (χ1n) is 10.9. The molecule has 0 atom stereocenters. The van der Waals surface area contributed by atoms with Gasteiger partial charge in [0.05, 0.1) is 23.0 Å². The molecule has 4 aromatic rings. The third-order valence-corrected chi connectivity index (χ3v) is 6.64. The Balaban J connectivity index is 1.37. The molecule has 0 fully saturated rings. The summed E-state index contributed by atoms with van der Waals surface area (Å²) in [6.45, 7) is 0.792. The maximum absolute atomic E-state index is 14.3. The largest absolute Gasteiger partial charge is 0.310 e. The lowest BCUT2D eigenvalue weighted by Gasteiger charge is -2.23. The number of aromatic nitrogens is 4. The zero-order valence-corrected chi connectivity index (χ0v) is 20.7. The first kappa shape index (κ1) is 23.3. The number of amides is 1. The van der Waals surface area contributed by atoms with Crippen molar-refractivity contribution in [3.63, 3.8) is 0 Å². The Labute approximate surface area is 214 Å². The predicted octanol–water partition coefficient (Wildman–Crippen LogP) is 5.17. The van der Waals surface area contributed by atoms with Crippen LogP contribution < -0.4 is 4.90 Å². The van der Waals surface area contributed by atoms with Gasteiger partial charge in [-0.15, -0.1) is 10.2 Å². The van der Waals surface area contributed by atoms with E-state index in [4.69, 9.17) is 11.6 Å². The van der Waals surface area contributed by atoms with E-state index in [9.17, 15) is 9.18 Å². The average Bonchev–Trinajstić information content (AvgIpc) is 3.27. The van der Waals surface area contributed by atoms with Crippen LogP contribution in [0, 0.1) is 5.82 Å². The molecule has 0 saturated carbocycles. The van der Waals surface area contributed by atoms with Gasteiger partial charge in [0.25, 0.3) is 0 Å². The molecule has 5 rings (SSSR count). The highest BCUT2D eigenvalue weighted by Crippen LogP contribution is 2.30. The van der Waals surface area contributed by atoms with E-state index >= 15 is 0 Å². The number of fused-ring (bicyclic) bond motifs is 1. The third-order valence-electron chi connectivity index (χ3n) is 5.61. The zero-order chi connectivity index (χ0) is 24.4. The summed E-state index contributed by atoms with van der Waals surface area (Å²) in [6, 6.07) is 19.3. The van der Waals surface area contributed by atoms with Crippen molar-refractivity contribution in [2.75, 3.05) is 18.0 Å². The van der Waals surface area contributed by atoms with Gasteiger partial charge in [0, 0.05) is 27.7 Å². The van der Waals surface area contributed by atoms with E-state index in [1.165, 1.54) is 16.9 Å². The molecule has 0 spiro atoms. The molecule has 0 unspecified atom stereocenters. The lowest BCUT2D eigenvalue weighted by Crippen LogP contribution is -2.34. The first-order chi connectivity index (χ1) is 17.0. The van der Waals surface area contributed by atoms with Gasteiger partial charge >= 0.3 is 0 Å². The maximum Gasteiger partial charge on any atom is 0.248 e. The number of tetrazole rings is 1. The minimum Gasteiger partial charge on any atom is -0.310 e. The van der Waals surface area contributed by atoms with E-state index in [1.807, 2.05) is 42.5 Å². The lowest BCUT2D eigenvalue weighted by atomic mass is 10.00. The van der Waals surface area contributed by atoms with Crippen LogP contribution in [-0.4, -0.2) is 44.9 Å². The summed E-state index contributed by atoms with van der Waals surface area (Å²) >= 11 is 9.77. The SMILES string of the molecule is O=C1CN=C(c2ccccc2Br)c2cc(F)ccc2N1CCCn1nnc(-c2ccccc2Cl)n1. The van der Waals surface area contributed by atoms with Crippen LogP contribution in [0.15, 0.2) is 76.2 Å². The van der Waals surface area contributed by atoms with Crippen molar-refractivity contribution in [2.24, 2.45) is 4.99 Å². The molecule has 0 aliphatic carbocycles. The molecule has 1 aromatic heterocycles. The normalized spacial score (nSPS) is 13.4. The molecule has 0 N–H and O–H groups in total. The molecule has 7 nitrogen and oxygen atoms in total. The third kappa shape index (κ3) is 4.87. The van der Waals surface area contributed by atoms with Crippen molar-refractivity contribution >= 4 is 44.8 Å². The molecule has 0 bridgehead atoms. The Morgan fingerprint density at radius 2 is 1.74 bits per heavy atom. The van der Waals surface area contributed by atoms with Crippen LogP contribution in [-0.2, 0) is 11.3 Å². The fourth-order valence-electron chi connectivity index (χ4n) is 3.97. The molecule has 1 aliphatic rings. The standard InChI is InChI=1S/C25H19BrClFN6O/c26-20-8-3-1-6-17(20)24-19-14-16(28)10-11-22(19)33(23(35)15-29-24)12-5-13-34-31-25(30-32-34)18-7-2-4-9-21(18)27/h1-4,6-11,14H,5,12-13,15H2. The van der Waals surface area contributed by atoms with E-state index < -0.39 is 5.82 Å². The van der Waals surface area contributed by atoms with E-state index in [0.29, 0.717) is 52.9 Å². The van der Waals surface area contributed by atoms with Crippen LogP contribution in [0.1, 0.15) is 17.5 Å². The minimum atomic E-state index is -0.392. The molecule has 35 heavy (non-hydrogen) atoms. The Hall–Kier alpha value is -3.43. The molecule has 2 heterocycles. The summed E-state index contributed by atoms with van der Waals surface area (Å²) in [5.74, 6) is -0.117. The second kappa shape index (κ2) is 10.1. The number of anilines is 1. The zero-order valence-electron chi connectivity index (χ0n) is 18.4. The van der Waals surface area contributed by atoms with Crippen LogP contribution in [0.25, 0.3) is 11.4 Å². The summed E-state index contributed by atoms with van der Waals surface area (Å²) in [5, 5.41) is 13.2. The summed E-state index contributed by atoms with van der Waals surface area (Å²) in [4.78, 5) is 20.7. The number of hydrogen-bond acceptors (Lipinski definition) is 5. The topological polar surface area (TPSA) is 76.3 Å². The van der Waals surface area contributed by atoms with Crippen LogP contribution in [0.4, 0.5) is 10.1 Å². The second-order valence-electron chi connectivity index (χ2n) is 7.89. The number of halogens is 3. The van der Waals surface area contributed by atoms with Crippen LogP contribution >= 0.6 is 27.5 Å². The smallest absolute Gasteiger partial charge is 0.248 e. The number of benzodiazepines with no additional fused rings is 1. The van der Waals surface area contributed by atoms with E-state index in [0.717, 1.165) is 10.0 Å². The molecule has 1 amide bonds. The van der Waals surface area contributed by atoms with Crippen LogP contribution in [0.2, 0.25) is 5.02 Å². The van der Waals surface area contributed by atoms with E-state index in [1.54, 1.807) is 17.0 Å². The molecule has 0 saturated heterocycles. The molecule has 3 aromatic carbocycles. The van der Waals surface area contributed by atoms with Gasteiger partial charge in [0.15, 0.2) is 0 Å². The van der Waals surface area contributed by atoms with Crippen LogP contribution in [0.3, 0.4) is 0 Å². The highest BCUT2D eigenvalue weighted by atomic mass is 79.9. The molecule has 176 valence electrons. The summed E-state index contributed by atoms with van der Waals surface area (Å²) in [7, 11) is 0. The van der Waals surface area contributed by atoms with Crippen molar-refractivity contribution in [2.45, 2.75) is 13.0 Å². The van der Waals surface area contributed by atoms with Crippen molar-refractivity contribution < 1.29 is 9.18 Å². The van der Waals surface area contributed by atoms with Gasteiger partial charge in [-0.2, -0.15) is 4.80 Å². The van der Waals surface area contributed by atoms with Gasteiger partial charge in [0.2, 0.25) is 11.7 Å². The number of hydrogen-bond donors (Lipinski definition) is 0. The summed E-state index contributed by atoms with van der Waals surface area (Å²) in [6.07, 6.45) is 0.561. The van der Waals surface area contributed by atoms with Crippen molar-refractivity contribution in [1.29, 1.82) is 0 Å². The Kier molecular flexibility index (Phi) is 6.70. The van der Waals surface area contributed by atoms with Gasteiger partial charge < -0.3 is 4.90 Å². The van der Waals surface area contributed by atoms with Gasteiger partial charge in [-0.25, -0.2) is 4.39 Å². The fraction of sp³-hybridized carbons (Fsp3) is 0.160. The number of carbonyl (C=O) groups excluding carboxylic acids is 1. The molecule has 10 heteroatoms. The highest BCUT2D eigenvalue weighted by Gasteiger charge is 2.26. The molecule has 0 radical (unpaired) electrons. The van der Waals surface area contributed by atoms with Gasteiger partial charge in [-0.05, 0) is 48.0 Å². The van der Waals surface area contributed by atoms with E-state index in [-0.39, 0.29) is 12.5 Å². The maximum atomic E-state index is 14.3. The van der Waals surface area contributed by atoms with Crippen molar-refractivity contribution in [3.05, 3.63) is 93.2 Å². The summed E-state index contributed by atoms with van der Waals surface area (Å²) in [5.41, 5.74) is 3.27. The van der Waals surface area contributed by atoms with Crippen LogP contribution in [0.5, 0.6) is 0 Å². The quantitative estimate of drug-likeness (QED) is 0.330. The fourth-order valence-corrected chi connectivity index (χ4v) is 4.66. The molecular formula is C25H19BrClFN6O. The number of rotatable bonds is 6. The predicted molar refractivity (Wildman–Crippen MR) is 136 cm³/mol. The number of aliphatic imine (C=N–C) groups is 1. The average molecular weight is 554 g/mol. The van der Waals surface area contributed by atoms with Gasteiger partial charge in [0.1, 0.15) is 12.4 Å². The summed E-state index contributed by atoms with van der Waals surface area (Å²) < 4.78 is 15.1. The number of benzene rings is 3. The first-order valence-corrected chi connectivity index (χ1v) is 12.1. The Bertz CT molecular complexity index is 1440.